The van der Waals surface area contributed by atoms with E-state index in [0.717, 1.165) is 29.7 Å². The molecule has 0 unspecified atom stereocenters. The van der Waals surface area contributed by atoms with Crippen LogP contribution in [0.3, 0.4) is 0 Å². The van der Waals surface area contributed by atoms with Gasteiger partial charge >= 0.3 is 0 Å². The number of fused-ring (bicyclic) bond motifs is 1. The fourth-order valence-electron chi connectivity index (χ4n) is 3.17. The van der Waals surface area contributed by atoms with E-state index in [0.29, 0.717) is 30.6 Å². The molecular formula is C18H19N5O3. The second kappa shape index (κ2) is 6.62. The zero-order valence-corrected chi connectivity index (χ0v) is 14.7. The van der Waals surface area contributed by atoms with E-state index >= 15 is 0 Å². The van der Waals surface area contributed by atoms with Gasteiger partial charge in [-0.2, -0.15) is 0 Å². The summed E-state index contributed by atoms with van der Waals surface area (Å²) in [5.41, 5.74) is 2.27. The van der Waals surface area contributed by atoms with Crippen molar-refractivity contribution in [2.45, 2.75) is 6.92 Å². The summed E-state index contributed by atoms with van der Waals surface area (Å²) in [5, 5.41) is 0.879. The van der Waals surface area contributed by atoms with Gasteiger partial charge in [-0.3, -0.25) is 4.79 Å². The van der Waals surface area contributed by atoms with Gasteiger partial charge in [0.05, 0.1) is 18.0 Å². The Morgan fingerprint density at radius 1 is 1.19 bits per heavy atom. The lowest BCUT2D eigenvalue weighted by Crippen LogP contribution is -2.48. The number of hydrogen-bond donors (Lipinski definition) is 0. The van der Waals surface area contributed by atoms with Crippen LogP contribution in [0.2, 0.25) is 0 Å². The first-order valence-corrected chi connectivity index (χ1v) is 8.41. The second-order valence-corrected chi connectivity index (χ2v) is 6.12. The van der Waals surface area contributed by atoms with Crippen LogP contribution in [0.4, 0.5) is 5.69 Å². The molecule has 1 fully saturated rings. The summed E-state index contributed by atoms with van der Waals surface area (Å²) in [6.07, 6.45) is 2.91. The van der Waals surface area contributed by atoms with Crippen LogP contribution < -0.4 is 9.64 Å². The molecule has 1 aliphatic rings. The molecule has 0 aliphatic carbocycles. The molecular weight excluding hydrogens is 334 g/mol. The predicted octanol–water partition coefficient (Wildman–Crippen LogP) is 1.90. The van der Waals surface area contributed by atoms with Gasteiger partial charge in [-0.25, -0.2) is 15.0 Å². The molecule has 0 spiro atoms. The largest absolute Gasteiger partial charge is 0.480 e. The number of oxazole rings is 1. The minimum absolute atomic E-state index is 0.0879. The smallest absolute Gasteiger partial charge is 0.275 e. The van der Waals surface area contributed by atoms with E-state index in [4.69, 9.17) is 9.15 Å². The molecule has 0 N–H and O–H groups in total. The standard InChI is InChI=1S/C18H19N5O3/c1-12-21-16(10-26-12)18(24)23-7-5-22(6-8-23)13-3-4-15-14(9-13)17(25-2)20-11-19-15/h3-4,9-11H,5-8H2,1-2H3. The molecule has 0 bridgehead atoms. The molecule has 1 aliphatic heterocycles. The van der Waals surface area contributed by atoms with Crippen molar-refractivity contribution in [1.29, 1.82) is 0 Å². The Balaban J connectivity index is 1.49. The number of carbonyl (C=O) groups excluding carboxylic acids is 1. The van der Waals surface area contributed by atoms with Crippen molar-refractivity contribution in [3.63, 3.8) is 0 Å². The van der Waals surface area contributed by atoms with Crippen LogP contribution in [0.1, 0.15) is 16.4 Å². The highest BCUT2D eigenvalue weighted by Gasteiger charge is 2.24. The van der Waals surface area contributed by atoms with E-state index in [1.165, 1.54) is 12.6 Å². The van der Waals surface area contributed by atoms with Crippen LogP contribution in [0, 0.1) is 6.92 Å². The maximum atomic E-state index is 12.5. The van der Waals surface area contributed by atoms with Crippen LogP contribution >= 0.6 is 0 Å². The summed E-state index contributed by atoms with van der Waals surface area (Å²) in [7, 11) is 1.60. The van der Waals surface area contributed by atoms with Gasteiger partial charge in [0, 0.05) is 38.8 Å². The van der Waals surface area contributed by atoms with Gasteiger partial charge in [0.1, 0.15) is 12.6 Å². The Kier molecular flexibility index (Phi) is 4.16. The third kappa shape index (κ3) is 2.94. The lowest BCUT2D eigenvalue weighted by Gasteiger charge is -2.35. The molecule has 3 aromatic rings. The van der Waals surface area contributed by atoms with Crippen molar-refractivity contribution in [3.8, 4) is 5.88 Å². The number of rotatable bonds is 3. The molecule has 1 amide bonds. The number of hydrogen-bond acceptors (Lipinski definition) is 7. The lowest BCUT2D eigenvalue weighted by atomic mass is 10.2. The van der Waals surface area contributed by atoms with E-state index < -0.39 is 0 Å². The Morgan fingerprint density at radius 3 is 2.69 bits per heavy atom. The molecule has 8 heteroatoms. The van der Waals surface area contributed by atoms with Crippen LogP contribution in [-0.4, -0.2) is 59.0 Å². The number of anilines is 1. The quantitative estimate of drug-likeness (QED) is 0.711. The van der Waals surface area contributed by atoms with Crippen LogP contribution in [0.5, 0.6) is 5.88 Å². The van der Waals surface area contributed by atoms with Crippen LogP contribution in [-0.2, 0) is 0 Å². The fourth-order valence-corrected chi connectivity index (χ4v) is 3.17. The molecule has 26 heavy (non-hydrogen) atoms. The van der Waals surface area contributed by atoms with Crippen LogP contribution in [0.15, 0.2) is 35.2 Å². The summed E-state index contributed by atoms with van der Waals surface area (Å²) in [6, 6.07) is 6.03. The maximum Gasteiger partial charge on any atom is 0.275 e. The van der Waals surface area contributed by atoms with Crippen LogP contribution in [0.25, 0.3) is 10.9 Å². The molecule has 3 heterocycles. The highest BCUT2D eigenvalue weighted by molar-refractivity contribution is 5.92. The molecule has 134 valence electrons. The third-order valence-corrected chi connectivity index (χ3v) is 4.55. The molecule has 2 aromatic heterocycles. The average molecular weight is 353 g/mol. The summed E-state index contributed by atoms with van der Waals surface area (Å²) in [6.45, 7) is 4.47. The van der Waals surface area contributed by atoms with Crippen molar-refractivity contribution in [2.75, 3.05) is 38.2 Å². The Hall–Kier alpha value is -3.16. The van der Waals surface area contributed by atoms with E-state index in [9.17, 15) is 4.79 Å². The van der Waals surface area contributed by atoms with Gasteiger partial charge in [-0.15, -0.1) is 0 Å². The highest BCUT2D eigenvalue weighted by Crippen LogP contribution is 2.27. The van der Waals surface area contributed by atoms with Crippen molar-refractivity contribution in [3.05, 3.63) is 42.4 Å². The Morgan fingerprint density at radius 2 is 2.00 bits per heavy atom. The predicted molar refractivity (Wildman–Crippen MR) is 95.4 cm³/mol. The molecule has 0 radical (unpaired) electrons. The summed E-state index contributed by atoms with van der Waals surface area (Å²) < 4.78 is 10.5. The molecule has 8 nitrogen and oxygen atoms in total. The zero-order chi connectivity index (χ0) is 18.1. The highest BCUT2D eigenvalue weighted by atomic mass is 16.5. The van der Waals surface area contributed by atoms with Crippen molar-refractivity contribution >= 4 is 22.5 Å². The zero-order valence-electron chi connectivity index (χ0n) is 14.7. The minimum atomic E-state index is -0.0879. The van der Waals surface area contributed by atoms with Gasteiger partial charge in [-0.1, -0.05) is 0 Å². The van der Waals surface area contributed by atoms with Crippen molar-refractivity contribution in [1.82, 2.24) is 19.9 Å². The van der Waals surface area contributed by atoms with E-state index in [-0.39, 0.29) is 5.91 Å². The molecule has 1 saturated heterocycles. The minimum Gasteiger partial charge on any atom is -0.480 e. The monoisotopic (exact) mass is 353 g/mol. The summed E-state index contributed by atoms with van der Waals surface area (Å²) >= 11 is 0. The third-order valence-electron chi connectivity index (χ3n) is 4.55. The number of aromatic nitrogens is 3. The summed E-state index contributed by atoms with van der Waals surface area (Å²) in [5.74, 6) is 0.974. The van der Waals surface area contributed by atoms with Gasteiger partial charge in [0.25, 0.3) is 5.91 Å². The van der Waals surface area contributed by atoms with Gasteiger partial charge in [0.15, 0.2) is 11.6 Å². The molecule has 4 rings (SSSR count). The van der Waals surface area contributed by atoms with E-state index in [1.807, 2.05) is 18.2 Å². The second-order valence-electron chi connectivity index (χ2n) is 6.12. The number of piperazine rings is 1. The number of aryl methyl sites for hydroxylation is 1. The van der Waals surface area contributed by atoms with Crippen molar-refractivity contribution in [2.24, 2.45) is 0 Å². The van der Waals surface area contributed by atoms with Gasteiger partial charge < -0.3 is 19.0 Å². The SMILES string of the molecule is COc1ncnc2ccc(N3CCN(C(=O)c4coc(C)n4)CC3)cc12. The molecule has 0 atom stereocenters. The fraction of sp³-hybridized carbons (Fsp3) is 0.333. The number of methoxy groups -OCH3 is 1. The number of carbonyl (C=O) groups is 1. The van der Waals surface area contributed by atoms with Crippen molar-refractivity contribution < 1.29 is 13.9 Å². The molecule has 0 saturated carbocycles. The normalized spacial score (nSPS) is 14.7. The number of benzene rings is 1. The average Bonchev–Trinajstić information content (AvgIpc) is 3.13. The van der Waals surface area contributed by atoms with E-state index in [1.54, 1.807) is 18.9 Å². The maximum absolute atomic E-state index is 12.5. The van der Waals surface area contributed by atoms with Gasteiger partial charge in [0.2, 0.25) is 5.88 Å². The van der Waals surface area contributed by atoms with E-state index in [2.05, 4.69) is 19.9 Å². The lowest BCUT2D eigenvalue weighted by molar-refractivity contribution is 0.0741. The first kappa shape index (κ1) is 16.3. The Labute approximate surface area is 150 Å². The number of amides is 1. The number of nitrogens with zero attached hydrogens (tertiary/aromatic N) is 5. The first-order chi connectivity index (χ1) is 12.7. The number of ether oxygens (including phenoxy) is 1. The summed E-state index contributed by atoms with van der Waals surface area (Å²) in [4.78, 5) is 29.1. The molecule has 1 aromatic carbocycles. The topological polar surface area (TPSA) is 84.6 Å². The Bertz CT molecular complexity index is 947. The first-order valence-electron chi connectivity index (χ1n) is 8.41. The van der Waals surface area contributed by atoms with Gasteiger partial charge in [-0.05, 0) is 18.2 Å².